The van der Waals surface area contributed by atoms with Gasteiger partial charge in [-0.25, -0.2) is 4.79 Å². The van der Waals surface area contributed by atoms with Crippen LogP contribution >= 0.6 is 0 Å². The van der Waals surface area contributed by atoms with Crippen LogP contribution in [0.25, 0.3) is 0 Å². The second-order valence-electron chi connectivity index (χ2n) is 3.76. The van der Waals surface area contributed by atoms with E-state index in [9.17, 15) is 9.90 Å². The number of hydrogen-bond acceptors (Lipinski definition) is 5. The first-order valence-electron chi connectivity index (χ1n) is 5.61. The Bertz CT molecular complexity index is 380. The van der Waals surface area contributed by atoms with Gasteiger partial charge in [-0.1, -0.05) is 0 Å². The summed E-state index contributed by atoms with van der Waals surface area (Å²) in [6, 6.07) is 4.32. The summed E-state index contributed by atoms with van der Waals surface area (Å²) in [5.74, 6) is -0.688. The van der Waals surface area contributed by atoms with Crippen LogP contribution in [0.2, 0.25) is 0 Å². The lowest BCUT2D eigenvalue weighted by Gasteiger charge is -2.06. The molecule has 94 valence electrons. The van der Waals surface area contributed by atoms with Gasteiger partial charge in [0, 0.05) is 11.8 Å². The number of aromatic hydroxyl groups is 1. The number of benzene rings is 1. The van der Waals surface area contributed by atoms with Crippen LogP contribution in [0.3, 0.4) is 0 Å². The molecule has 0 spiro atoms. The zero-order chi connectivity index (χ0) is 12.7. The maximum atomic E-state index is 11.6. The summed E-state index contributed by atoms with van der Waals surface area (Å²) < 4.78 is 5.01. The number of hydrogen-bond donors (Lipinski definition) is 3. The molecule has 0 amide bonds. The maximum absolute atomic E-state index is 11.6. The van der Waals surface area contributed by atoms with Gasteiger partial charge in [0.1, 0.15) is 11.3 Å². The number of carbonyl (C=O) groups is 1. The van der Waals surface area contributed by atoms with E-state index in [1.165, 1.54) is 12.1 Å². The van der Waals surface area contributed by atoms with Gasteiger partial charge in [-0.15, -0.1) is 0 Å². The lowest BCUT2D eigenvalue weighted by Crippen LogP contribution is -2.07. The summed E-state index contributed by atoms with van der Waals surface area (Å²) in [5.41, 5.74) is 11.3. The topological polar surface area (TPSA) is 98.6 Å². The van der Waals surface area contributed by atoms with E-state index in [-0.39, 0.29) is 11.3 Å². The quantitative estimate of drug-likeness (QED) is 0.393. The highest BCUT2D eigenvalue weighted by Crippen LogP contribution is 2.20. The van der Waals surface area contributed by atoms with E-state index in [2.05, 4.69) is 0 Å². The van der Waals surface area contributed by atoms with Crippen molar-refractivity contribution in [1.29, 1.82) is 0 Å². The van der Waals surface area contributed by atoms with Crippen LogP contribution in [-0.4, -0.2) is 24.2 Å². The Hall–Kier alpha value is -1.75. The standard InChI is InChI=1S/C12H18N2O3/c13-6-2-1-3-7-17-12(16)10-5-4-9(14)8-11(10)15/h4-5,8,15H,1-3,6-7,13-14H2. The molecule has 0 fully saturated rings. The van der Waals surface area contributed by atoms with Crippen molar-refractivity contribution in [2.45, 2.75) is 19.3 Å². The third-order valence-electron chi connectivity index (χ3n) is 2.32. The fourth-order valence-corrected chi connectivity index (χ4v) is 1.39. The fourth-order valence-electron chi connectivity index (χ4n) is 1.39. The first-order valence-corrected chi connectivity index (χ1v) is 5.61. The summed E-state index contributed by atoms with van der Waals surface area (Å²) in [4.78, 5) is 11.6. The summed E-state index contributed by atoms with van der Waals surface area (Å²) >= 11 is 0. The fraction of sp³-hybridized carbons (Fsp3) is 0.417. The lowest BCUT2D eigenvalue weighted by atomic mass is 10.2. The minimum Gasteiger partial charge on any atom is -0.507 e. The van der Waals surface area contributed by atoms with E-state index in [1.807, 2.05) is 0 Å². The SMILES string of the molecule is NCCCCCOC(=O)c1ccc(N)cc1O. The normalized spacial score (nSPS) is 10.2. The van der Waals surface area contributed by atoms with E-state index >= 15 is 0 Å². The van der Waals surface area contributed by atoms with Crippen LogP contribution in [0.1, 0.15) is 29.6 Å². The predicted octanol–water partition coefficient (Wildman–Crippen LogP) is 1.26. The third kappa shape index (κ3) is 4.32. The van der Waals surface area contributed by atoms with E-state index < -0.39 is 5.97 Å². The third-order valence-corrected chi connectivity index (χ3v) is 2.32. The number of esters is 1. The van der Waals surface area contributed by atoms with Gasteiger partial charge in [-0.2, -0.15) is 0 Å². The molecule has 0 aromatic heterocycles. The number of nitrogens with two attached hydrogens (primary N) is 2. The molecule has 0 radical (unpaired) electrons. The Morgan fingerprint density at radius 2 is 2.06 bits per heavy atom. The molecule has 1 aromatic rings. The number of rotatable bonds is 6. The maximum Gasteiger partial charge on any atom is 0.341 e. The zero-order valence-corrected chi connectivity index (χ0v) is 9.69. The van der Waals surface area contributed by atoms with Crippen molar-refractivity contribution in [3.05, 3.63) is 23.8 Å². The van der Waals surface area contributed by atoms with Gasteiger partial charge in [0.05, 0.1) is 6.61 Å². The summed E-state index contributed by atoms with van der Waals surface area (Å²) in [6.45, 7) is 0.981. The largest absolute Gasteiger partial charge is 0.507 e. The summed E-state index contributed by atoms with van der Waals surface area (Å²) in [5, 5.41) is 9.51. The van der Waals surface area contributed by atoms with Crippen LogP contribution in [0.15, 0.2) is 18.2 Å². The molecule has 1 aromatic carbocycles. The highest BCUT2D eigenvalue weighted by atomic mass is 16.5. The van der Waals surface area contributed by atoms with Crippen molar-refractivity contribution in [2.75, 3.05) is 18.9 Å². The van der Waals surface area contributed by atoms with Crippen LogP contribution in [-0.2, 0) is 4.74 Å². The second kappa shape index (κ2) is 6.75. The molecule has 0 bridgehead atoms. The van der Waals surface area contributed by atoms with Crippen LogP contribution in [0, 0.1) is 0 Å². The van der Waals surface area contributed by atoms with Crippen LogP contribution in [0.4, 0.5) is 5.69 Å². The molecule has 0 unspecified atom stereocenters. The predicted molar refractivity (Wildman–Crippen MR) is 65.7 cm³/mol. The smallest absolute Gasteiger partial charge is 0.341 e. The average Bonchev–Trinajstić information content (AvgIpc) is 2.28. The molecule has 0 saturated carbocycles. The van der Waals surface area contributed by atoms with Gasteiger partial charge in [-0.05, 0) is 37.9 Å². The van der Waals surface area contributed by atoms with Crippen molar-refractivity contribution in [1.82, 2.24) is 0 Å². The Morgan fingerprint density at radius 1 is 1.29 bits per heavy atom. The minimum atomic E-state index is -0.532. The Morgan fingerprint density at radius 3 is 2.71 bits per heavy atom. The first kappa shape index (κ1) is 13.3. The van der Waals surface area contributed by atoms with Crippen molar-refractivity contribution in [2.24, 2.45) is 5.73 Å². The lowest BCUT2D eigenvalue weighted by molar-refractivity contribution is 0.0495. The van der Waals surface area contributed by atoms with Gasteiger partial charge >= 0.3 is 5.97 Å². The first-order chi connectivity index (χ1) is 8.15. The molecular weight excluding hydrogens is 220 g/mol. The van der Waals surface area contributed by atoms with Crippen LogP contribution in [0.5, 0.6) is 5.75 Å². The Balaban J connectivity index is 2.42. The number of carbonyl (C=O) groups excluding carboxylic acids is 1. The number of phenols is 1. The van der Waals surface area contributed by atoms with E-state index in [4.69, 9.17) is 16.2 Å². The van der Waals surface area contributed by atoms with Gasteiger partial charge < -0.3 is 21.3 Å². The molecule has 0 saturated heterocycles. The highest BCUT2D eigenvalue weighted by molar-refractivity contribution is 5.92. The monoisotopic (exact) mass is 238 g/mol. The molecule has 0 aliphatic heterocycles. The van der Waals surface area contributed by atoms with E-state index in [1.54, 1.807) is 6.07 Å². The van der Waals surface area contributed by atoms with E-state index in [0.717, 1.165) is 19.3 Å². The molecule has 0 atom stereocenters. The second-order valence-corrected chi connectivity index (χ2v) is 3.76. The molecular formula is C12H18N2O3. The number of nitrogen functional groups attached to an aromatic ring is 1. The molecule has 0 aliphatic carbocycles. The highest BCUT2D eigenvalue weighted by Gasteiger charge is 2.12. The van der Waals surface area contributed by atoms with Gasteiger partial charge in [0.25, 0.3) is 0 Å². The number of ether oxygens (including phenoxy) is 1. The van der Waals surface area contributed by atoms with E-state index in [0.29, 0.717) is 18.8 Å². The molecule has 5 nitrogen and oxygen atoms in total. The number of anilines is 1. The molecule has 5 N–H and O–H groups in total. The number of unbranched alkanes of at least 4 members (excludes halogenated alkanes) is 2. The molecule has 0 aliphatic rings. The van der Waals surface area contributed by atoms with Gasteiger partial charge in [-0.3, -0.25) is 0 Å². The zero-order valence-electron chi connectivity index (χ0n) is 9.69. The van der Waals surface area contributed by atoms with Gasteiger partial charge in [0.15, 0.2) is 0 Å². The molecule has 1 rings (SSSR count). The van der Waals surface area contributed by atoms with Crippen molar-refractivity contribution >= 4 is 11.7 Å². The molecule has 5 heteroatoms. The molecule has 0 heterocycles. The van der Waals surface area contributed by atoms with Crippen LogP contribution < -0.4 is 11.5 Å². The Labute approximate surface area is 100 Å². The van der Waals surface area contributed by atoms with Crippen molar-refractivity contribution in [3.63, 3.8) is 0 Å². The molecule has 17 heavy (non-hydrogen) atoms. The Kier molecular flexibility index (Phi) is 5.29. The van der Waals surface area contributed by atoms with Crippen molar-refractivity contribution in [3.8, 4) is 5.75 Å². The van der Waals surface area contributed by atoms with Gasteiger partial charge in [0.2, 0.25) is 0 Å². The number of phenolic OH excluding ortho intramolecular Hbond substituents is 1. The van der Waals surface area contributed by atoms with Crippen molar-refractivity contribution < 1.29 is 14.6 Å². The summed E-state index contributed by atoms with van der Waals surface area (Å²) in [7, 11) is 0. The average molecular weight is 238 g/mol. The summed E-state index contributed by atoms with van der Waals surface area (Å²) in [6.07, 6.45) is 2.63. The minimum absolute atomic E-state index is 0.137.